The second-order valence-corrected chi connectivity index (χ2v) is 5.56. The Balaban J connectivity index is 2.04. The summed E-state index contributed by atoms with van der Waals surface area (Å²) in [5, 5.41) is 9.18. The minimum absolute atomic E-state index is 0.00355. The number of benzene rings is 2. The predicted octanol–water partition coefficient (Wildman–Crippen LogP) is 3.55. The summed E-state index contributed by atoms with van der Waals surface area (Å²) in [5.41, 5.74) is 3.16. The standard InChI is InChI=1S/C19H17NO3/c1-2-13-9-6-10-16-18(13)15(11-17(21)22)12-20(16)19(23)14-7-4-3-5-8-14/h2-10,15H,1,11-12H2,(H,21,22). The molecule has 4 nitrogen and oxygen atoms in total. The van der Waals surface area contributed by atoms with E-state index in [-0.39, 0.29) is 18.2 Å². The van der Waals surface area contributed by atoms with Gasteiger partial charge >= 0.3 is 5.97 Å². The highest BCUT2D eigenvalue weighted by Gasteiger charge is 2.35. The van der Waals surface area contributed by atoms with E-state index >= 15 is 0 Å². The number of nitrogens with zero attached hydrogens (tertiary/aromatic N) is 1. The van der Waals surface area contributed by atoms with E-state index in [4.69, 9.17) is 0 Å². The number of hydrogen-bond acceptors (Lipinski definition) is 2. The topological polar surface area (TPSA) is 57.6 Å². The lowest BCUT2D eigenvalue weighted by molar-refractivity contribution is -0.137. The maximum Gasteiger partial charge on any atom is 0.304 e. The fourth-order valence-corrected chi connectivity index (χ4v) is 3.14. The molecule has 1 amide bonds. The van der Waals surface area contributed by atoms with Crippen molar-refractivity contribution < 1.29 is 14.7 Å². The number of fused-ring (bicyclic) bond motifs is 1. The molecule has 0 aromatic heterocycles. The number of amides is 1. The van der Waals surface area contributed by atoms with Gasteiger partial charge in [0.1, 0.15) is 0 Å². The molecule has 0 bridgehead atoms. The second-order valence-electron chi connectivity index (χ2n) is 5.56. The maximum absolute atomic E-state index is 12.8. The molecule has 4 heteroatoms. The van der Waals surface area contributed by atoms with Crippen molar-refractivity contribution in [1.29, 1.82) is 0 Å². The zero-order chi connectivity index (χ0) is 16.4. The van der Waals surface area contributed by atoms with Crippen LogP contribution in [0.3, 0.4) is 0 Å². The van der Waals surface area contributed by atoms with Crippen LogP contribution in [0.4, 0.5) is 5.69 Å². The minimum Gasteiger partial charge on any atom is -0.481 e. The van der Waals surface area contributed by atoms with Gasteiger partial charge in [0.15, 0.2) is 0 Å². The molecule has 0 radical (unpaired) electrons. The molecular formula is C19H17NO3. The summed E-state index contributed by atoms with van der Waals surface area (Å²) < 4.78 is 0. The van der Waals surface area contributed by atoms with Crippen molar-refractivity contribution in [3.05, 3.63) is 71.8 Å². The molecule has 0 spiro atoms. The van der Waals surface area contributed by atoms with Gasteiger partial charge in [-0.3, -0.25) is 9.59 Å². The summed E-state index contributed by atoms with van der Waals surface area (Å²) in [7, 11) is 0. The van der Waals surface area contributed by atoms with Crippen molar-refractivity contribution >= 4 is 23.6 Å². The average Bonchev–Trinajstić information content (AvgIpc) is 2.93. The van der Waals surface area contributed by atoms with Crippen LogP contribution in [0.15, 0.2) is 55.1 Å². The zero-order valence-corrected chi connectivity index (χ0v) is 12.6. The van der Waals surface area contributed by atoms with E-state index in [1.807, 2.05) is 36.4 Å². The smallest absolute Gasteiger partial charge is 0.304 e. The van der Waals surface area contributed by atoms with Crippen LogP contribution in [0.25, 0.3) is 6.08 Å². The van der Waals surface area contributed by atoms with Gasteiger partial charge in [0.2, 0.25) is 0 Å². The summed E-state index contributed by atoms with van der Waals surface area (Å²) in [6.45, 7) is 4.17. The lowest BCUT2D eigenvalue weighted by atomic mass is 9.93. The lowest BCUT2D eigenvalue weighted by Gasteiger charge is -2.18. The van der Waals surface area contributed by atoms with Gasteiger partial charge in [0.25, 0.3) is 5.91 Å². The van der Waals surface area contributed by atoms with E-state index < -0.39 is 5.97 Å². The molecule has 3 rings (SSSR count). The van der Waals surface area contributed by atoms with Crippen LogP contribution in [0.5, 0.6) is 0 Å². The van der Waals surface area contributed by atoms with Gasteiger partial charge < -0.3 is 10.0 Å². The molecule has 0 fully saturated rings. The third-order valence-electron chi connectivity index (χ3n) is 4.13. The monoisotopic (exact) mass is 307 g/mol. The van der Waals surface area contributed by atoms with Crippen LogP contribution in [0, 0.1) is 0 Å². The van der Waals surface area contributed by atoms with E-state index in [0.29, 0.717) is 12.1 Å². The number of anilines is 1. The Bertz CT molecular complexity index is 767. The third-order valence-corrected chi connectivity index (χ3v) is 4.13. The number of rotatable bonds is 4. The Morgan fingerprint density at radius 3 is 2.57 bits per heavy atom. The lowest BCUT2D eigenvalue weighted by Crippen LogP contribution is -2.30. The van der Waals surface area contributed by atoms with Crippen LogP contribution >= 0.6 is 0 Å². The molecule has 2 aromatic rings. The first-order chi connectivity index (χ1) is 11.1. The quantitative estimate of drug-likeness (QED) is 0.939. The van der Waals surface area contributed by atoms with Crippen molar-refractivity contribution in [2.24, 2.45) is 0 Å². The first-order valence-corrected chi connectivity index (χ1v) is 7.46. The Hall–Kier alpha value is -2.88. The van der Waals surface area contributed by atoms with E-state index in [1.54, 1.807) is 23.1 Å². The van der Waals surface area contributed by atoms with Gasteiger partial charge in [0.05, 0.1) is 6.42 Å². The van der Waals surface area contributed by atoms with Gasteiger partial charge in [-0.25, -0.2) is 0 Å². The molecule has 116 valence electrons. The Morgan fingerprint density at radius 2 is 1.91 bits per heavy atom. The Kier molecular flexibility index (Phi) is 3.98. The average molecular weight is 307 g/mol. The number of aliphatic carboxylic acids is 1. The number of carboxylic acids is 1. The van der Waals surface area contributed by atoms with Crippen LogP contribution in [0.2, 0.25) is 0 Å². The SMILES string of the molecule is C=Cc1cccc2c1C(CC(=O)O)CN2C(=O)c1ccccc1. The summed E-state index contributed by atoms with van der Waals surface area (Å²) in [6, 6.07) is 14.7. The number of carbonyl (C=O) groups excluding carboxylic acids is 1. The number of carbonyl (C=O) groups is 2. The molecule has 23 heavy (non-hydrogen) atoms. The van der Waals surface area contributed by atoms with Crippen LogP contribution < -0.4 is 4.90 Å². The van der Waals surface area contributed by atoms with E-state index in [2.05, 4.69) is 6.58 Å². The van der Waals surface area contributed by atoms with E-state index in [1.165, 1.54) is 0 Å². The van der Waals surface area contributed by atoms with Crippen molar-refractivity contribution in [2.45, 2.75) is 12.3 Å². The molecule has 1 aliphatic rings. The molecular weight excluding hydrogens is 290 g/mol. The molecule has 2 aromatic carbocycles. The molecule has 1 atom stereocenters. The summed E-state index contributed by atoms with van der Waals surface area (Å²) in [6.07, 6.45) is 1.71. The fraction of sp³-hybridized carbons (Fsp3) is 0.158. The molecule has 0 saturated carbocycles. The van der Waals surface area contributed by atoms with E-state index in [9.17, 15) is 14.7 Å². The summed E-state index contributed by atoms with van der Waals surface area (Å²) in [5.74, 6) is -1.20. The number of carboxylic acid groups (broad SMARTS) is 1. The zero-order valence-electron chi connectivity index (χ0n) is 12.6. The molecule has 0 aliphatic carbocycles. The minimum atomic E-state index is -0.867. The van der Waals surface area contributed by atoms with Crippen LogP contribution in [0.1, 0.15) is 33.8 Å². The largest absolute Gasteiger partial charge is 0.481 e. The summed E-state index contributed by atoms with van der Waals surface area (Å²) in [4.78, 5) is 25.6. The third kappa shape index (κ3) is 2.75. The molecule has 1 unspecified atom stereocenters. The molecule has 0 saturated heterocycles. The van der Waals surface area contributed by atoms with Gasteiger partial charge in [-0.2, -0.15) is 0 Å². The fourth-order valence-electron chi connectivity index (χ4n) is 3.14. The maximum atomic E-state index is 12.8. The van der Waals surface area contributed by atoms with E-state index in [0.717, 1.165) is 16.8 Å². The second kappa shape index (κ2) is 6.08. The van der Waals surface area contributed by atoms with Crippen LogP contribution in [-0.4, -0.2) is 23.5 Å². The van der Waals surface area contributed by atoms with Gasteiger partial charge in [-0.15, -0.1) is 0 Å². The van der Waals surface area contributed by atoms with Crippen molar-refractivity contribution in [3.8, 4) is 0 Å². The van der Waals surface area contributed by atoms with Crippen molar-refractivity contribution in [1.82, 2.24) is 0 Å². The van der Waals surface area contributed by atoms with Crippen molar-refractivity contribution in [3.63, 3.8) is 0 Å². The highest BCUT2D eigenvalue weighted by atomic mass is 16.4. The van der Waals surface area contributed by atoms with Gasteiger partial charge in [-0.05, 0) is 29.3 Å². The first kappa shape index (κ1) is 15.0. The molecule has 1 heterocycles. The van der Waals surface area contributed by atoms with Gasteiger partial charge in [0, 0.05) is 23.7 Å². The normalized spacial score (nSPS) is 16.0. The Labute approximate surface area is 134 Å². The number of hydrogen-bond donors (Lipinski definition) is 1. The molecule has 1 aliphatic heterocycles. The summed E-state index contributed by atoms with van der Waals surface area (Å²) >= 11 is 0. The first-order valence-electron chi connectivity index (χ1n) is 7.46. The predicted molar refractivity (Wildman–Crippen MR) is 89.6 cm³/mol. The highest BCUT2D eigenvalue weighted by Crippen LogP contribution is 2.41. The van der Waals surface area contributed by atoms with Crippen LogP contribution in [-0.2, 0) is 4.79 Å². The highest BCUT2D eigenvalue weighted by molar-refractivity contribution is 6.08. The van der Waals surface area contributed by atoms with Gasteiger partial charge in [-0.1, -0.05) is 43.0 Å². The Morgan fingerprint density at radius 1 is 1.17 bits per heavy atom. The van der Waals surface area contributed by atoms with Crippen molar-refractivity contribution in [2.75, 3.05) is 11.4 Å². The molecule has 1 N–H and O–H groups in total.